The minimum Gasteiger partial charge on any atom is -0.300 e. The average Bonchev–Trinajstić information content (AvgIpc) is 1.96. The Bertz CT molecular complexity index is 245. The molecule has 0 spiro atoms. The monoisotopic (exact) mass is 202 g/mol. The zero-order valence-electron chi connectivity index (χ0n) is 8.26. The molecule has 0 radical (unpaired) electrons. The van der Waals surface area contributed by atoms with Crippen LogP contribution in [0.3, 0.4) is 0 Å². The van der Waals surface area contributed by atoms with Gasteiger partial charge in [-0.2, -0.15) is 0 Å². The van der Waals surface area contributed by atoms with Crippen molar-refractivity contribution in [1.82, 2.24) is 0 Å². The first-order chi connectivity index (χ1) is 5.85. The van der Waals surface area contributed by atoms with Crippen LogP contribution in [0.5, 0.6) is 0 Å². The number of halogens is 1. The number of ketones is 1. The highest BCUT2D eigenvalue weighted by atomic mass is 35.5. The average molecular weight is 203 g/mol. The lowest BCUT2D eigenvalue weighted by Crippen LogP contribution is -2.48. The van der Waals surface area contributed by atoms with Gasteiger partial charge in [-0.05, 0) is 36.3 Å². The van der Waals surface area contributed by atoms with Gasteiger partial charge in [0.1, 0.15) is 5.78 Å². The quantitative estimate of drug-likeness (QED) is 0.659. The molecule has 0 amide bonds. The van der Waals surface area contributed by atoms with Gasteiger partial charge in [-0.1, -0.05) is 13.8 Å². The Morgan fingerprint density at radius 3 is 2.31 bits per heavy atom. The van der Waals surface area contributed by atoms with Crippen LogP contribution in [0.1, 0.15) is 33.6 Å². The van der Waals surface area contributed by atoms with E-state index in [0.717, 1.165) is 6.42 Å². The normalized spacial score (nSPS) is 30.8. The van der Waals surface area contributed by atoms with Crippen LogP contribution < -0.4 is 0 Å². The second-order valence-electron chi connectivity index (χ2n) is 4.48. The van der Waals surface area contributed by atoms with Crippen LogP contribution in [0.25, 0.3) is 0 Å². The van der Waals surface area contributed by atoms with Gasteiger partial charge in [0.2, 0.25) is 5.24 Å². The Balaban J connectivity index is 2.59. The lowest BCUT2D eigenvalue weighted by Gasteiger charge is -2.50. The molecular formula is C10H15ClO2. The van der Waals surface area contributed by atoms with Gasteiger partial charge in [0.15, 0.2) is 0 Å². The molecule has 0 bridgehead atoms. The van der Waals surface area contributed by atoms with Crippen LogP contribution >= 0.6 is 11.6 Å². The summed E-state index contributed by atoms with van der Waals surface area (Å²) in [6.07, 6.45) is 1.22. The summed E-state index contributed by atoms with van der Waals surface area (Å²) in [6.45, 7) is 5.69. The first-order valence-corrected chi connectivity index (χ1v) is 4.92. The van der Waals surface area contributed by atoms with Gasteiger partial charge in [0.25, 0.3) is 0 Å². The van der Waals surface area contributed by atoms with Crippen LogP contribution in [-0.4, -0.2) is 11.0 Å². The van der Waals surface area contributed by atoms with E-state index in [1.807, 2.05) is 13.8 Å². The Morgan fingerprint density at radius 2 is 2.00 bits per heavy atom. The van der Waals surface area contributed by atoms with Gasteiger partial charge in [0, 0.05) is 12.3 Å². The molecule has 0 aromatic heterocycles. The largest absolute Gasteiger partial charge is 0.300 e. The van der Waals surface area contributed by atoms with Crippen LogP contribution in [0.4, 0.5) is 0 Å². The van der Waals surface area contributed by atoms with Crippen molar-refractivity contribution in [1.29, 1.82) is 0 Å². The second kappa shape index (κ2) is 3.41. The maximum atomic E-state index is 11.2. The molecule has 1 fully saturated rings. The lowest BCUT2D eigenvalue weighted by molar-refractivity contribution is -0.138. The number of hydrogen-bond acceptors (Lipinski definition) is 2. The highest BCUT2D eigenvalue weighted by molar-refractivity contribution is 6.63. The summed E-state index contributed by atoms with van der Waals surface area (Å²) in [7, 11) is 0. The minimum atomic E-state index is -0.292. The summed E-state index contributed by atoms with van der Waals surface area (Å²) >= 11 is 5.32. The maximum absolute atomic E-state index is 11.2. The van der Waals surface area contributed by atoms with Crippen molar-refractivity contribution < 1.29 is 9.59 Å². The van der Waals surface area contributed by atoms with Crippen LogP contribution in [0, 0.1) is 17.3 Å². The predicted molar refractivity (Wildman–Crippen MR) is 51.5 cm³/mol. The summed E-state index contributed by atoms with van der Waals surface area (Å²) in [5, 5.41) is -0.292. The molecule has 74 valence electrons. The van der Waals surface area contributed by atoms with Crippen LogP contribution in [0.2, 0.25) is 0 Å². The molecule has 0 N–H and O–H groups in total. The molecule has 0 heterocycles. The first kappa shape index (κ1) is 10.7. The van der Waals surface area contributed by atoms with Crippen molar-refractivity contribution in [3.8, 4) is 0 Å². The van der Waals surface area contributed by atoms with Gasteiger partial charge in [-0.3, -0.25) is 9.59 Å². The molecule has 0 aliphatic heterocycles. The van der Waals surface area contributed by atoms with Gasteiger partial charge in [-0.15, -0.1) is 0 Å². The van der Waals surface area contributed by atoms with E-state index in [4.69, 9.17) is 11.6 Å². The van der Waals surface area contributed by atoms with Crippen molar-refractivity contribution in [2.24, 2.45) is 17.3 Å². The van der Waals surface area contributed by atoms with E-state index in [0.29, 0.717) is 6.42 Å². The highest BCUT2D eigenvalue weighted by Crippen LogP contribution is 2.53. The number of rotatable bonds is 3. The number of Topliss-reactive ketones (excluding diaryl/α,β-unsaturated/α-hetero) is 1. The summed E-state index contributed by atoms with van der Waals surface area (Å²) in [5.41, 5.74) is -0.0453. The third-order valence-electron chi connectivity index (χ3n) is 3.37. The number of carbonyl (C=O) groups excluding carboxylic acids is 2. The third-order valence-corrected chi connectivity index (χ3v) is 3.52. The Morgan fingerprint density at radius 1 is 1.46 bits per heavy atom. The Kier molecular flexibility index (Phi) is 2.81. The molecule has 1 aliphatic carbocycles. The SMILES string of the molecule is CC(=O)[C@@H]1C[C@@H](CC(=O)Cl)C1(C)C. The standard InChI is InChI=1S/C10H15ClO2/c1-6(12)8-4-7(5-9(11)13)10(8,2)3/h7-8H,4-5H2,1-3H3/t7-,8-/m0/s1. The molecule has 2 atom stereocenters. The molecule has 2 nitrogen and oxygen atoms in total. The van der Waals surface area contributed by atoms with E-state index < -0.39 is 0 Å². The maximum Gasteiger partial charge on any atom is 0.221 e. The van der Waals surface area contributed by atoms with Gasteiger partial charge >= 0.3 is 0 Å². The van der Waals surface area contributed by atoms with Crippen molar-refractivity contribution in [3.05, 3.63) is 0 Å². The van der Waals surface area contributed by atoms with Crippen molar-refractivity contribution in [2.75, 3.05) is 0 Å². The van der Waals surface area contributed by atoms with E-state index in [1.54, 1.807) is 6.92 Å². The molecule has 0 aromatic carbocycles. The first-order valence-electron chi connectivity index (χ1n) is 4.54. The number of hydrogen-bond donors (Lipinski definition) is 0. The highest BCUT2D eigenvalue weighted by Gasteiger charge is 2.50. The summed E-state index contributed by atoms with van der Waals surface area (Å²) in [6, 6.07) is 0. The second-order valence-corrected chi connectivity index (χ2v) is 4.90. The lowest BCUT2D eigenvalue weighted by atomic mass is 9.53. The molecule has 0 unspecified atom stereocenters. The molecule has 1 saturated carbocycles. The van der Waals surface area contributed by atoms with E-state index in [2.05, 4.69) is 0 Å². The van der Waals surface area contributed by atoms with E-state index in [1.165, 1.54) is 0 Å². The van der Waals surface area contributed by atoms with Gasteiger partial charge in [0.05, 0.1) is 0 Å². The van der Waals surface area contributed by atoms with Crippen LogP contribution in [0.15, 0.2) is 0 Å². The summed E-state index contributed by atoms with van der Waals surface area (Å²) in [4.78, 5) is 21.8. The van der Waals surface area contributed by atoms with Gasteiger partial charge in [-0.25, -0.2) is 0 Å². The molecule has 1 aliphatic rings. The Labute approximate surface area is 83.6 Å². The van der Waals surface area contributed by atoms with E-state index in [-0.39, 0.29) is 28.3 Å². The summed E-state index contributed by atoms with van der Waals surface area (Å²) < 4.78 is 0. The molecule has 13 heavy (non-hydrogen) atoms. The minimum absolute atomic E-state index is 0.0453. The van der Waals surface area contributed by atoms with Crippen molar-refractivity contribution in [2.45, 2.75) is 33.6 Å². The fraction of sp³-hybridized carbons (Fsp3) is 0.800. The number of carbonyl (C=O) groups is 2. The topological polar surface area (TPSA) is 34.1 Å². The zero-order chi connectivity index (χ0) is 10.2. The van der Waals surface area contributed by atoms with Crippen LogP contribution in [-0.2, 0) is 9.59 Å². The molecule has 0 aromatic rings. The molecule has 3 heteroatoms. The fourth-order valence-corrected chi connectivity index (χ4v) is 2.43. The van der Waals surface area contributed by atoms with Gasteiger partial charge < -0.3 is 0 Å². The van der Waals surface area contributed by atoms with E-state index in [9.17, 15) is 9.59 Å². The summed E-state index contributed by atoms with van der Waals surface area (Å²) in [5.74, 6) is 0.628. The molecule has 0 saturated heterocycles. The van der Waals surface area contributed by atoms with Crippen molar-refractivity contribution in [3.63, 3.8) is 0 Å². The van der Waals surface area contributed by atoms with Crippen molar-refractivity contribution >= 4 is 22.6 Å². The predicted octanol–water partition coefficient (Wildman–Crippen LogP) is 2.39. The molecule has 1 rings (SSSR count). The Hall–Kier alpha value is -0.370. The smallest absolute Gasteiger partial charge is 0.221 e. The zero-order valence-corrected chi connectivity index (χ0v) is 9.02. The fourth-order valence-electron chi connectivity index (χ4n) is 2.25. The third kappa shape index (κ3) is 1.93. The van der Waals surface area contributed by atoms with E-state index >= 15 is 0 Å². The molecular weight excluding hydrogens is 188 g/mol.